The van der Waals surface area contributed by atoms with Gasteiger partial charge in [0.1, 0.15) is 18.2 Å². The van der Waals surface area contributed by atoms with Gasteiger partial charge in [0.05, 0.1) is 5.56 Å². The third-order valence-electron chi connectivity index (χ3n) is 2.68. The number of carbonyl (C=O) groups excluding carboxylic acids is 1. The number of hydrogen-bond acceptors (Lipinski definition) is 2. The molecule has 0 saturated heterocycles. The van der Waals surface area contributed by atoms with E-state index in [0.29, 0.717) is 21.9 Å². The number of rotatable bonds is 4. The van der Waals surface area contributed by atoms with Gasteiger partial charge in [-0.3, -0.25) is 4.79 Å². The Morgan fingerprint density at radius 3 is 2.79 bits per heavy atom. The van der Waals surface area contributed by atoms with Crippen LogP contribution in [-0.4, -0.2) is 6.29 Å². The second-order valence-corrected chi connectivity index (χ2v) is 4.59. The van der Waals surface area contributed by atoms with Gasteiger partial charge < -0.3 is 4.74 Å². The molecule has 19 heavy (non-hydrogen) atoms. The number of aldehydes is 1. The third kappa shape index (κ3) is 3.32. The number of ether oxygens (including phenoxy) is 1. The Morgan fingerprint density at radius 2 is 2.05 bits per heavy atom. The summed E-state index contributed by atoms with van der Waals surface area (Å²) >= 11 is 5.95. The lowest BCUT2D eigenvalue weighted by molar-refractivity contribution is 0.111. The van der Waals surface area contributed by atoms with Crippen molar-refractivity contribution in [1.29, 1.82) is 0 Å². The van der Waals surface area contributed by atoms with Crippen LogP contribution in [0.1, 0.15) is 21.5 Å². The van der Waals surface area contributed by atoms with Gasteiger partial charge in [-0.15, -0.1) is 0 Å². The van der Waals surface area contributed by atoms with Crippen LogP contribution < -0.4 is 4.74 Å². The molecule has 0 bridgehead atoms. The molecule has 0 unspecified atom stereocenters. The maximum atomic E-state index is 13.1. The minimum absolute atomic E-state index is 0.112. The monoisotopic (exact) mass is 278 g/mol. The van der Waals surface area contributed by atoms with E-state index in [1.165, 1.54) is 18.2 Å². The topological polar surface area (TPSA) is 26.3 Å². The van der Waals surface area contributed by atoms with Crippen molar-refractivity contribution < 1.29 is 13.9 Å². The van der Waals surface area contributed by atoms with Gasteiger partial charge in [0, 0.05) is 10.6 Å². The van der Waals surface area contributed by atoms with Crippen LogP contribution in [-0.2, 0) is 6.61 Å². The molecule has 0 aliphatic rings. The lowest BCUT2D eigenvalue weighted by Gasteiger charge is -2.10. The van der Waals surface area contributed by atoms with Crippen molar-refractivity contribution in [2.45, 2.75) is 13.5 Å². The molecule has 0 N–H and O–H groups in total. The van der Waals surface area contributed by atoms with Crippen molar-refractivity contribution in [3.8, 4) is 5.75 Å². The minimum Gasteiger partial charge on any atom is -0.488 e. The Kier molecular flexibility index (Phi) is 4.17. The van der Waals surface area contributed by atoms with Gasteiger partial charge in [-0.05, 0) is 37.3 Å². The van der Waals surface area contributed by atoms with E-state index in [1.54, 1.807) is 12.1 Å². The Labute approximate surface area is 115 Å². The summed E-state index contributed by atoms with van der Waals surface area (Å²) in [5.74, 6) is 0.0865. The van der Waals surface area contributed by atoms with Gasteiger partial charge in [0.2, 0.25) is 0 Å². The highest BCUT2D eigenvalue weighted by Gasteiger charge is 2.06. The molecule has 0 fully saturated rings. The standard InChI is InChI=1S/C15H12ClFO2/c1-10-2-5-15(11(6-10)8-18)19-9-12-7-13(17)3-4-14(12)16/h2-8H,9H2,1H3. The zero-order valence-corrected chi connectivity index (χ0v) is 11.1. The van der Waals surface area contributed by atoms with Crippen molar-refractivity contribution in [2.75, 3.05) is 0 Å². The summed E-state index contributed by atoms with van der Waals surface area (Å²) in [5.41, 5.74) is 1.98. The largest absolute Gasteiger partial charge is 0.488 e. The molecule has 0 radical (unpaired) electrons. The summed E-state index contributed by atoms with van der Waals surface area (Å²) in [5, 5.41) is 0.432. The van der Waals surface area contributed by atoms with Crippen LogP contribution in [0.25, 0.3) is 0 Å². The summed E-state index contributed by atoms with van der Waals surface area (Å²) < 4.78 is 18.6. The number of benzene rings is 2. The van der Waals surface area contributed by atoms with Gasteiger partial charge in [0.15, 0.2) is 6.29 Å². The number of halogens is 2. The second-order valence-electron chi connectivity index (χ2n) is 4.18. The highest BCUT2D eigenvalue weighted by molar-refractivity contribution is 6.31. The summed E-state index contributed by atoms with van der Waals surface area (Å²) in [6.07, 6.45) is 0.732. The Hall–Kier alpha value is -1.87. The molecule has 0 spiro atoms. The summed E-state index contributed by atoms with van der Waals surface area (Å²) in [6, 6.07) is 9.37. The summed E-state index contributed by atoms with van der Waals surface area (Å²) in [4.78, 5) is 10.9. The maximum absolute atomic E-state index is 13.1. The van der Waals surface area contributed by atoms with E-state index in [1.807, 2.05) is 13.0 Å². The fourth-order valence-electron chi connectivity index (χ4n) is 1.70. The van der Waals surface area contributed by atoms with Gasteiger partial charge in [-0.2, -0.15) is 0 Å². The zero-order valence-electron chi connectivity index (χ0n) is 10.3. The predicted molar refractivity (Wildman–Crippen MR) is 72.3 cm³/mol. The number of aryl methyl sites for hydroxylation is 1. The van der Waals surface area contributed by atoms with Gasteiger partial charge in [-0.25, -0.2) is 4.39 Å². The average Bonchev–Trinajstić information content (AvgIpc) is 2.40. The van der Waals surface area contributed by atoms with E-state index in [9.17, 15) is 9.18 Å². The third-order valence-corrected chi connectivity index (χ3v) is 3.05. The zero-order chi connectivity index (χ0) is 13.8. The normalized spacial score (nSPS) is 10.3. The molecule has 98 valence electrons. The molecule has 0 heterocycles. The molecule has 0 atom stereocenters. The first-order valence-corrected chi connectivity index (χ1v) is 6.10. The molecular weight excluding hydrogens is 267 g/mol. The second kappa shape index (κ2) is 5.85. The molecule has 2 rings (SSSR count). The van der Waals surface area contributed by atoms with Crippen LogP contribution in [0.15, 0.2) is 36.4 Å². The fourth-order valence-corrected chi connectivity index (χ4v) is 1.87. The Morgan fingerprint density at radius 1 is 1.26 bits per heavy atom. The summed E-state index contributed by atoms with van der Waals surface area (Å²) in [6.45, 7) is 2.00. The number of hydrogen-bond donors (Lipinski definition) is 0. The van der Waals surface area contributed by atoms with Crippen LogP contribution in [0.5, 0.6) is 5.75 Å². The van der Waals surface area contributed by atoms with Crippen LogP contribution >= 0.6 is 11.6 Å². The molecule has 0 saturated carbocycles. The smallest absolute Gasteiger partial charge is 0.153 e. The van der Waals surface area contributed by atoms with Gasteiger partial charge >= 0.3 is 0 Å². The van der Waals surface area contributed by atoms with Gasteiger partial charge in [-0.1, -0.05) is 23.2 Å². The molecule has 0 amide bonds. The molecule has 2 aromatic carbocycles. The maximum Gasteiger partial charge on any atom is 0.153 e. The van der Waals surface area contributed by atoms with Crippen molar-refractivity contribution >= 4 is 17.9 Å². The van der Waals surface area contributed by atoms with Crippen LogP contribution in [0, 0.1) is 12.7 Å². The lowest BCUT2D eigenvalue weighted by Crippen LogP contribution is -2.00. The van der Waals surface area contributed by atoms with Crippen molar-refractivity contribution in [2.24, 2.45) is 0 Å². The van der Waals surface area contributed by atoms with Crippen LogP contribution in [0.3, 0.4) is 0 Å². The van der Waals surface area contributed by atoms with Crippen LogP contribution in [0.2, 0.25) is 5.02 Å². The highest BCUT2D eigenvalue weighted by atomic mass is 35.5. The van der Waals surface area contributed by atoms with Crippen molar-refractivity contribution in [3.63, 3.8) is 0 Å². The molecule has 0 aliphatic carbocycles. The SMILES string of the molecule is Cc1ccc(OCc2cc(F)ccc2Cl)c(C=O)c1. The first-order chi connectivity index (χ1) is 9.10. The van der Waals surface area contributed by atoms with E-state index in [0.717, 1.165) is 11.8 Å². The van der Waals surface area contributed by atoms with Crippen molar-refractivity contribution in [3.05, 3.63) is 63.9 Å². The lowest BCUT2D eigenvalue weighted by atomic mass is 10.1. The molecule has 0 aliphatic heterocycles. The molecule has 2 nitrogen and oxygen atoms in total. The van der Waals surface area contributed by atoms with E-state index in [2.05, 4.69) is 0 Å². The van der Waals surface area contributed by atoms with E-state index >= 15 is 0 Å². The van der Waals surface area contributed by atoms with Gasteiger partial charge in [0.25, 0.3) is 0 Å². The molecule has 4 heteroatoms. The predicted octanol–water partition coefficient (Wildman–Crippen LogP) is 4.18. The Bertz CT molecular complexity index is 611. The number of carbonyl (C=O) groups is 1. The first-order valence-electron chi connectivity index (χ1n) is 5.72. The van der Waals surface area contributed by atoms with E-state index in [-0.39, 0.29) is 12.4 Å². The van der Waals surface area contributed by atoms with Crippen molar-refractivity contribution in [1.82, 2.24) is 0 Å². The highest BCUT2D eigenvalue weighted by Crippen LogP contribution is 2.22. The van der Waals surface area contributed by atoms with E-state index in [4.69, 9.17) is 16.3 Å². The molecular formula is C15H12ClFO2. The fraction of sp³-hybridized carbons (Fsp3) is 0.133. The minimum atomic E-state index is -0.373. The molecule has 2 aromatic rings. The first kappa shape index (κ1) is 13.6. The average molecular weight is 279 g/mol. The van der Waals surface area contributed by atoms with Crippen LogP contribution in [0.4, 0.5) is 4.39 Å². The quantitative estimate of drug-likeness (QED) is 0.784. The Balaban J connectivity index is 2.18. The van der Waals surface area contributed by atoms with E-state index < -0.39 is 0 Å². The molecule has 0 aromatic heterocycles. The summed E-state index contributed by atoms with van der Waals surface area (Å²) in [7, 11) is 0.